The van der Waals surface area contributed by atoms with Gasteiger partial charge in [-0.2, -0.15) is 5.10 Å². The third-order valence-electron chi connectivity index (χ3n) is 3.70. The van der Waals surface area contributed by atoms with Crippen LogP contribution in [0, 0.1) is 0 Å². The molecular weight excluding hydrogens is 356 g/mol. The summed E-state index contributed by atoms with van der Waals surface area (Å²) in [5.74, 6) is 0.775. The molecule has 0 aromatic heterocycles. The molecule has 1 rings (SSSR count). The number of aliphatic hydroxyl groups is 1. The summed E-state index contributed by atoms with van der Waals surface area (Å²) in [6, 6.07) is 7.55. The van der Waals surface area contributed by atoms with Gasteiger partial charge in [0.15, 0.2) is 0 Å². The summed E-state index contributed by atoms with van der Waals surface area (Å²) in [6.07, 6.45) is 3.86. The molecule has 0 saturated carbocycles. The Morgan fingerprint density at radius 3 is 2.54 bits per heavy atom. The van der Waals surface area contributed by atoms with E-state index in [-0.39, 0.29) is 18.9 Å². The Balaban J connectivity index is 0.00000352. The van der Waals surface area contributed by atoms with E-state index < -0.39 is 0 Å². The highest BCUT2D eigenvalue weighted by molar-refractivity contribution is 5.90. The van der Waals surface area contributed by atoms with E-state index in [0.717, 1.165) is 37.4 Å². The topological polar surface area (TPSA) is 86.2 Å². The zero-order chi connectivity index (χ0) is 21.0. The third-order valence-corrected chi connectivity index (χ3v) is 3.70. The highest BCUT2D eigenvalue weighted by Gasteiger charge is 2.08. The van der Waals surface area contributed by atoms with Crippen molar-refractivity contribution in [3.8, 4) is 5.75 Å². The molecule has 3 N–H and O–H groups in total. The molecule has 0 fully saturated rings. The zero-order valence-corrected chi connectivity index (χ0v) is 17.9. The van der Waals surface area contributed by atoms with Gasteiger partial charge in [-0.1, -0.05) is 20.8 Å². The smallest absolute Gasteiger partial charge is 0.228 e. The van der Waals surface area contributed by atoms with Crippen molar-refractivity contribution in [1.82, 2.24) is 10.2 Å². The first-order valence-electron chi connectivity index (χ1n) is 10.3. The molecule has 1 amide bonds. The van der Waals surface area contributed by atoms with Gasteiger partial charge in [-0.15, -0.1) is 0 Å². The van der Waals surface area contributed by atoms with E-state index >= 15 is 0 Å². The number of hydrazone groups is 1. The van der Waals surface area contributed by atoms with E-state index in [9.17, 15) is 4.79 Å². The van der Waals surface area contributed by atoms with Crippen LogP contribution in [0.25, 0.3) is 0 Å². The first-order valence-corrected chi connectivity index (χ1v) is 10.3. The maximum Gasteiger partial charge on any atom is 0.228 e. The van der Waals surface area contributed by atoms with Gasteiger partial charge < -0.3 is 20.1 Å². The second-order valence-corrected chi connectivity index (χ2v) is 5.80. The lowest BCUT2D eigenvalue weighted by Gasteiger charge is -2.18. The first kappa shape index (κ1) is 25.9. The van der Waals surface area contributed by atoms with Crippen LogP contribution < -0.4 is 15.5 Å². The number of hydrogen-bond acceptors (Lipinski definition) is 6. The van der Waals surface area contributed by atoms with Gasteiger partial charge in [0.25, 0.3) is 0 Å². The van der Waals surface area contributed by atoms with Gasteiger partial charge in [0, 0.05) is 19.3 Å². The molecule has 1 aromatic carbocycles. The van der Waals surface area contributed by atoms with Gasteiger partial charge in [-0.3, -0.25) is 10.2 Å². The monoisotopic (exact) mass is 394 g/mol. The second-order valence-electron chi connectivity index (χ2n) is 5.80. The number of likely N-dealkylation sites (N-methyl/N-ethyl adjacent to an activating group) is 1. The Bertz CT molecular complexity index is 521. The summed E-state index contributed by atoms with van der Waals surface area (Å²) in [7, 11) is 0. The van der Waals surface area contributed by atoms with Gasteiger partial charge in [-0.25, -0.2) is 0 Å². The van der Waals surface area contributed by atoms with Crippen LogP contribution in [0.2, 0.25) is 0 Å². The number of benzene rings is 1. The van der Waals surface area contributed by atoms with E-state index in [1.165, 1.54) is 6.21 Å². The summed E-state index contributed by atoms with van der Waals surface area (Å²) in [6.45, 7) is 11.6. The van der Waals surface area contributed by atoms with Crippen molar-refractivity contribution in [2.45, 2.75) is 47.0 Å². The summed E-state index contributed by atoms with van der Waals surface area (Å²) in [5.41, 5.74) is 3.72. The van der Waals surface area contributed by atoms with Gasteiger partial charge in [-0.05, 0) is 57.1 Å². The molecule has 0 aliphatic heterocycles. The number of aliphatic hydroxyl groups excluding tert-OH is 1. The van der Waals surface area contributed by atoms with E-state index in [4.69, 9.17) is 9.84 Å². The van der Waals surface area contributed by atoms with E-state index in [2.05, 4.69) is 22.8 Å². The Labute approximate surface area is 170 Å². The first-order chi connectivity index (χ1) is 13.7. The average molecular weight is 395 g/mol. The lowest BCUT2D eigenvalue weighted by atomic mass is 10.3. The van der Waals surface area contributed by atoms with Crippen LogP contribution in [0.5, 0.6) is 5.75 Å². The summed E-state index contributed by atoms with van der Waals surface area (Å²) < 4.78 is 5.68. The standard InChI is InChI=1S/C19H32N4O3.C2H6/c1-3-11-20-12-5-16-26-18-8-6-17(7-9-18)22-21-13-10-19(25)23(4-2)14-15-24;1-2/h6-9,13,20,22,24H,3-5,10-12,14-16H2,1-2H3;1-2H3/b21-13-;. The summed E-state index contributed by atoms with van der Waals surface area (Å²) >= 11 is 0. The molecule has 7 nitrogen and oxygen atoms in total. The number of nitrogens with one attached hydrogen (secondary N) is 2. The molecule has 0 aliphatic carbocycles. The van der Waals surface area contributed by atoms with Gasteiger partial charge >= 0.3 is 0 Å². The Morgan fingerprint density at radius 2 is 1.93 bits per heavy atom. The second kappa shape index (κ2) is 18.3. The zero-order valence-electron chi connectivity index (χ0n) is 17.9. The van der Waals surface area contributed by atoms with Crippen molar-refractivity contribution in [3.63, 3.8) is 0 Å². The average Bonchev–Trinajstić information content (AvgIpc) is 2.74. The van der Waals surface area contributed by atoms with Crippen LogP contribution in [0.4, 0.5) is 5.69 Å². The number of anilines is 1. The maximum atomic E-state index is 11.9. The van der Waals surface area contributed by atoms with E-state index in [1.807, 2.05) is 45.0 Å². The van der Waals surface area contributed by atoms with Gasteiger partial charge in [0.2, 0.25) is 5.91 Å². The van der Waals surface area contributed by atoms with Crippen molar-refractivity contribution >= 4 is 17.8 Å². The summed E-state index contributed by atoms with van der Waals surface area (Å²) in [4.78, 5) is 13.5. The van der Waals surface area contributed by atoms with Crippen molar-refractivity contribution in [2.75, 3.05) is 44.8 Å². The molecule has 0 saturated heterocycles. The van der Waals surface area contributed by atoms with E-state index in [0.29, 0.717) is 19.7 Å². The molecule has 0 heterocycles. The normalized spacial score (nSPS) is 10.3. The number of hydrogen-bond donors (Lipinski definition) is 3. The molecule has 1 aromatic rings. The largest absolute Gasteiger partial charge is 0.494 e. The van der Waals surface area contributed by atoms with Crippen molar-refractivity contribution in [3.05, 3.63) is 24.3 Å². The number of carbonyl (C=O) groups is 1. The minimum Gasteiger partial charge on any atom is -0.494 e. The summed E-state index contributed by atoms with van der Waals surface area (Å²) in [5, 5.41) is 16.3. The molecule has 0 spiro atoms. The number of carbonyl (C=O) groups excluding carboxylic acids is 1. The SMILES string of the molecule is CC.CCCNCCCOc1ccc(N/N=C\CC(=O)N(CC)CCO)cc1. The van der Waals surface area contributed by atoms with Crippen LogP contribution in [-0.4, -0.2) is 61.5 Å². The molecule has 0 bridgehead atoms. The minimum atomic E-state index is -0.0516. The van der Waals surface area contributed by atoms with Gasteiger partial charge in [0.05, 0.1) is 25.3 Å². The molecule has 160 valence electrons. The predicted molar refractivity (Wildman–Crippen MR) is 117 cm³/mol. The molecule has 0 aliphatic rings. The van der Waals surface area contributed by atoms with Crippen molar-refractivity contribution in [2.24, 2.45) is 5.10 Å². The fourth-order valence-electron chi connectivity index (χ4n) is 2.27. The number of ether oxygens (including phenoxy) is 1. The highest BCUT2D eigenvalue weighted by Crippen LogP contribution is 2.15. The number of rotatable bonds is 14. The van der Waals surface area contributed by atoms with Crippen LogP contribution in [-0.2, 0) is 4.79 Å². The Hall–Kier alpha value is -2.12. The van der Waals surface area contributed by atoms with Crippen LogP contribution in [0.3, 0.4) is 0 Å². The fraction of sp³-hybridized carbons (Fsp3) is 0.619. The molecular formula is C21H38N4O3. The quantitative estimate of drug-likeness (QED) is 0.256. The Morgan fingerprint density at radius 1 is 1.21 bits per heavy atom. The highest BCUT2D eigenvalue weighted by atomic mass is 16.5. The molecule has 0 unspecified atom stereocenters. The maximum absolute atomic E-state index is 11.9. The molecule has 0 radical (unpaired) electrons. The molecule has 7 heteroatoms. The number of nitrogens with zero attached hydrogens (tertiary/aromatic N) is 2. The predicted octanol–water partition coefficient (Wildman–Crippen LogP) is 3.11. The van der Waals surface area contributed by atoms with Crippen molar-refractivity contribution < 1.29 is 14.6 Å². The Kier molecular flexibility index (Phi) is 16.9. The molecule has 0 atom stereocenters. The van der Waals surface area contributed by atoms with Crippen molar-refractivity contribution in [1.29, 1.82) is 0 Å². The van der Waals surface area contributed by atoms with Gasteiger partial charge in [0.1, 0.15) is 5.75 Å². The van der Waals surface area contributed by atoms with Crippen LogP contribution in [0.1, 0.15) is 47.0 Å². The lowest BCUT2D eigenvalue weighted by molar-refractivity contribution is -0.130. The minimum absolute atomic E-state index is 0.0291. The third kappa shape index (κ3) is 12.3. The van der Waals surface area contributed by atoms with Crippen LogP contribution >= 0.6 is 0 Å². The number of amides is 1. The fourth-order valence-corrected chi connectivity index (χ4v) is 2.27. The van der Waals surface area contributed by atoms with E-state index in [1.54, 1.807) is 4.90 Å². The molecule has 28 heavy (non-hydrogen) atoms. The van der Waals surface area contributed by atoms with Crippen LogP contribution in [0.15, 0.2) is 29.4 Å². The lowest BCUT2D eigenvalue weighted by Crippen LogP contribution is -2.33.